The lowest BCUT2D eigenvalue weighted by Crippen LogP contribution is -2.54. The number of aliphatic hydroxyl groups is 1. The Hall–Kier alpha value is -3.22. The molecule has 0 aliphatic carbocycles. The molecular formula is C19H15F7N2O4. The van der Waals surface area contributed by atoms with Crippen LogP contribution in [0.2, 0.25) is 0 Å². The fourth-order valence-corrected chi connectivity index (χ4v) is 3.03. The first kappa shape index (κ1) is 25.0. The fraction of sp³-hybridized carbons (Fsp3) is 0.316. The zero-order valence-electron chi connectivity index (χ0n) is 16.4. The van der Waals surface area contributed by atoms with Crippen LogP contribution in [-0.4, -0.2) is 28.3 Å². The summed E-state index contributed by atoms with van der Waals surface area (Å²) in [6.45, 7) is 2.44. The predicted octanol–water partition coefficient (Wildman–Crippen LogP) is 5.17. The second-order valence-electron chi connectivity index (χ2n) is 6.74. The molecule has 0 saturated carbocycles. The van der Waals surface area contributed by atoms with E-state index >= 15 is 0 Å². The number of carbonyl (C=O) groups is 1. The highest BCUT2D eigenvalue weighted by atomic mass is 19.4. The average molecular weight is 468 g/mol. The Morgan fingerprint density at radius 3 is 2.16 bits per heavy atom. The summed E-state index contributed by atoms with van der Waals surface area (Å²) >= 11 is 0. The van der Waals surface area contributed by atoms with Crippen LogP contribution in [0, 0.1) is 22.9 Å². The summed E-state index contributed by atoms with van der Waals surface area (Å²) in [6.07, 6.45) is -12.4. The van der Waals surface area contributed by atoms with Gasteiger partial charge in [-0.25, -0.2) is 0 Å². The number of nitrogens with one attached hydrogen (secondary N) is 1. The Morgan fingerprint density at radius 1 is 1.12 bits per heavy atom. The summed E-state index contributed by atoms with van der Waals surface area (Å²) in [7, 11) is 0. The Balaban J connectivity index is 2.59. The van der Waals surface area contributed by atoms with Crippen molar-refractivity contribution in [2.75, 3.05) is 5.32 Å². The van der Waals surface area contributed by atoms with Gasteiger partial charge in [0.2, 0.25) is 5.82 Å². The number of hydrogen-bond acceptors (Lipinski definition) is 4. The van der Waals surface area contributed by atoms with E-state index in [2.05, 4.69) is 5.32 Å². The van der Waals surface area contributed by atoms with Crippen LogP contribution in [0.15, 0.2) is 30.3 Å². The number of nitro groups is 1. The Labute approximate surface area is 175 Å². The van der Waals surface area contributed by atoms with Gasteiger partial charge in [-0.15, -0.1) is 0 Å². The maximum Gasteiger partial charge on any atom is 0.430 e. The molecule has 13 heteroatoms. The van der Waals surface area contributed by atoms with Gasteiger partial charge >= 0.3 is 18.0 Å². The van der Waals surface area contributed by atoms with Gasteiger partial charge < -0.3 is 10.4 Å². The van der Waals surface area contributed by atoms with E-state index in [0.717, 1.165) is 25.1 Å². The fourth-order valence-electron chi connectivity index (χ4n) is 3.03. The quantitative estimate of drug-likeness (QED) is 0.360. The van der Waals surface area contributed by atoms with Gasteiger partial charge in [-0.05, 0) is 30.5 Å². The SMILES string of the molecule is CCc1cc(C(O)(C(F)(F)F)C(F)(F)F)cc(C)c1NC(=O)c1cccc([N+](=O)[O-])c1F. The van der Waals surface area contributed by atoms with Crippen molar-refractivity contribution in [3.8, 4) is 0 Å². The lowest BCUT2D eigenvalue weighted by molar-refractivity contribution is -0.387. The molecule has 0 aliphatic heterocycles. The molecular weight excluding hydrogens is 453 g/mol. The zero-order valence-corrected chi connectivity index (χ0v) is 16.4. The second-order valence-corrected chi connectivity index (χ2v) is 6.74. The number of amides is 1. The first-order valence-electron chi connectivity index (χ1n) is 8.80. The molecule has 2 aromatic carbocycles. The van der Waals surface area contributed by atoms with Gasteiger partial charge in [0.15, 0.2) is 0 Å². The van der Waals surface area contributed by atoms with E-state index in [1.54, 1.807) is 0 Å². The number of rotatable bonds is 5. The third-order valence-corrected chi connectivity index (χ3v) is 4.69. The van der Waals surface area contributed by atoms with Gasteiger partial charge in [0.1, 0.15) is 0 Å². The molecule has 0 fully saturated rings. The molecule has 0 unspecified atom stereocenters. The van der Waals surface area contributed by atoms with Crippen molar-refractivity contribution in [2.24, 2.45) is 0 Å². The van der Waals surface area contributed by atoms with E-state index in [0.29, 0.717) is 12.1 Å². The van der Waals surface area contributed by atoms with Crippen LogP contribution in [0.4, 0.5) is 42.1 Å². The molecule has 0 aromatic heterocycles. The Bertz CT molecular complexity index is 1050. The van der Waals surface area contributed by atoms with Crippen molar-refractivity contribution in [1.29, 1.82) is 0 Å². The van der Waals surface area contributed by atoms with Crippen LogP contribution in [0.25, 0.3) is 0 Å². The molecule has 6 nitrogen and oxygen atoms in total. The standard InChI is InChI=1S/C19H15F7N2O4/c1-3-10-8-11(17(30,18(21,22)23)19(24,25)26)7-9(2)15(10)27-16(29)12-5-4-6-13(14(12)20)28(31)32/h4-8,30H,3H2,1-2H3,(H,27,29). The van der Waals surface area contributed by atoms with Crippen LogP contribution in [0.1, 0.15) is 34.0 Å². The second kappa shape index (κ2) is 8.37. The number of nitro benzene ring substituents is 1. The largest absolute Gasteiger partial charge is 0.430 e. The minimum atomic E-state index is -6.10. The Morgan fingerprint density at radius 2 is 1.69 bits per heavy atom. The van der Waals surface area contributed by atoms with Crippen molar-refractivity contribution in [2.45, 2.75) is 38.2 Å². The molecule has 0 heterocycles. The number of alkyl halides is 6. The van der Waals surface area contributed by atoms with Gasteiger partial charge in [-0.2, -0.15) is 30.7 Å². The molecule has 1 amide bonds. The number of hydrogen-bond donors (Lipinski definition) is 2. The summed E-state index contributed by atoms with van der Waals surface area (Å²) in [5.74, 6) is -2.68. The lowest BCUT2D eigenvalue weighted by atomic mass is 9.88. The minimum absolute atomic E-state index is 0.173. The molecule has 2 rings (SSSR count). The highest BCUT2D eigenvalue weighted by Crippen LogP contribution is 2.50. The molecule has 0 spiro atoms. The summed E-state index contributed by atoms with van der Waals surface area (Å²) in [4.78, 5) is 22.2. The third kappa shape index (κ3) is 4.24. The minimum Gasteiger partial charge on any atom is -0.369 e. The molecule has 2 N–H and O–H groups in total. The molecule has 2 aromatic rings. The molecule has 0 radical (unpaired) electrons. The zero-order chi connectivity index (χ0) is 24.6. The van der Waals surface area contributed by atoms with E-state index in [9.17, 15) is 50.7 Å². The van der Waals surface area contributed by atoms with E-state index < -0.39 is 51.4 Å². The highest BCUT2D eigenvalue weighted by Gasteiger charge is 2.71. The lowest BCUT2D eigenvalue weighted by Gasteiger charge is -2.33. The number of carbonyl (C=O) groups excluding carboxylic acids is 1. The number of nitrogens with zero attached hydrogens (tertiary/aromatic N) is 1. The molecule has 0 bridgehead atoms. The van der Waals surface area contributed by atoms with Crippen LogP contribution >= 0.6 is 0 Å². The molecule has 32 heavy (non-hydrogen) atoms. The first-order valence-corrected chi connectivity index (χ1v) is 8.80. The van der Waals surface area contributed by atoms with Crippen LogP contribution in [-0.2, 0) is 12.0 Å². The first-order chi connectivity index (χ1) is 14.6. The third-order valence-electron chi connectivity index (χ3n) is 4.69. The highest BCUT2D eigenvalue weighted by molar-refractivity contribution is 6.05. The van der Waals surface area contributed by atoms with Crippen LogP contribution in [0.3, 0.4) is 0 Å². The molecule has 0 saturated heterocycles. The monoisotopic (exact) mass is 468 g/mol. The van der Waals surface area contributed by atoms with Gasteiger partial charge in [-0.1, -0.05) is 25.1 Å². The van der Waals surface area contributed by atoms with E-state index in [1.165, 1.54) is 6.92 Å². The van der Waals surface area contributed by atoms with Crippen molar-refractivity contribution in [3.05, 3.63) is 68.5 Å². The maximum atomic E-state index is 14.3. The van der Waals surface area contributed by atoms with Crippen molar-refractivity contribution in [3.63, 3.8) is 0 Å². The summed E-state index contributed by atoms with van der Waals surface area (Å²) in [5, 5.41) is 22.6. The summed E-state index contributed by atoms with van der Waals surface area (Å²) in [5.41, 5.74) is -9.15. The maximum absolute atomic E-state index is 14.3. The number of anilines is 1. The van der Waals surface area contributed by atoms with Gasteiger partial charge in [0.25, 0.3) is 11.5 Å². The smallest absolute Gasteiger partial charge is 0.369 e. The average Bonchev–Trinajstić information content (AvgIpc) is 2.66. The Kier molecular flexibility index (Phi) is 6.55. The molecule has 0 atom stereocenters. The number of halogens is 7. The summed E-state index contributed by atoms with van der Waals surface area (Å²) < 4.78 is 93.4. The van der Waals surface area contributed by atoms with Crippen LogP contribution in [0.5, 0.6) is 0 Å². The number of aryl methyl sites for hydroxylation is 2. The van der Waals surface area contributed by atoms with Crippen molar-refractivity contribution < 1.29 is 45.6 Å². The van der Waals surface area contributed by atoms with Crippen LogP contribution < -0.4 is 5.32 Å². The van der Waals surface area contributed by atoms with Gasteiger partial charge in [0.05, 0.1) is 10.5 Å². The topological polar surface area (TPSA) is 92.5 Å². The van der Waals surface area contributed by atoms with E-state index in [1.807, 2.05) is 0 Å². The predicted molar refractivity (Wildman–Crippen MR) is 97.6 cm³/mol. The van der Waals surface area contributed by atoms with Crippen molar-refractivity contribution >= 4 is 17.3 Å². The summed E-state index contributed by atoms with van der Waals surface area (Å²) in [6, 6.07) is 3.59. The normalized spacial score (nSPS) is 12.6. The molecule has 174 valence electrons. The van der Waals surface area contributed by atoms with E-state index in [-0.39, 0.29) is 23.2 Å². The number of benzene rings is 2. The van der Waals surface area contributed by atoms with E-state index in [4.69, 9.17) is 0 Å². The van der Waals surface area contributed by atoms with Gasteiger partial charge in [0, 0.05) is 17.3 Å². The molecule has 0 aliphatic rings. The van der Waals surface area contributed by atoms with Crippen molar-refractivity contribution in [1.82, 2.24) is 0 Å². The van der Waals surface area contributed by atoms with Gasteiger partial charge in [-0.3, -0.25) is 14.9 Å².